The van der Waals surface area contributed by atoms with E-state index in [1.807, 2.05) is 0 Å². The molecule has 0 saturated carbocycles. The second-order valence-electron chi connectivity index (χ2n) is 6.12. The zero-order valence-corrected chi connectivity index (χ0v) is 11.3. The Morgan fingerprint density at radius 1 is 1.47 bits per heavy atom. The highest BCUT2D eigenvalue weighted by Gasteiger charge is 2.32. The van der Waals surface area contributed by atoms with E-state index in [9.17, 15) is 0 Å². The van der Waals surface area contributed by atoms with Crippen molar-refractivity contribution in [2.45, 2.75) is 66.7 Å². The Labute approximate surface area is 96.2 Å². The first-order chi connectivity index (χ1) is 6.97. The van der Waals surface area contributed by atoms with Gasteiger partial charge in [0, 0.05) is 0 Å². The van der Waals surface area contributed by atoms with E-state index in [0.717, 1.165) is 11.8 Å². The highest BCUT2D eigenvalue weighted by Crippen LogP contribution is 2.43. The summed E-state index contributed by atoms with van der Waals surface area (Å²) in [5.41, 5.74) is 2.18. The van der Waals surface area contributed by atoms with Crippen molar-refractivity contribution in [3.05, 3.63) is 11.6 Å². The molecule has 88 valence electrons. The Bertz CT molecular complexity index is 222. The molecule has 0 N–H and O–H groups in total. The SMILES string of the molecule is CCC(C)CCC1C(C)=CCCC1(C)C. The molecule has 2 atom stereocenters. The summed E-state index contributed by atoms with van der Waals surface area (Å²) >= 11 is 0. The molecule has 0 radical (unpaired) electrons. The Kier molecular flexibility index (Phi) is 4.43. The molecule has 0 spiro atoms. The molecule has 1 rings (SSSR count). The first-order valence-corrected chi connectivity index (χ1v) is 6.64. The molecule has 0 aliphatic heterocycles. The molecule has 0 aromatic rings. The van der Waals surface area contributed by atoms with E-state index < -0.39 is 0 Å². The maximum Gasteiger partial charge on any atom is -0.0154 e. The number of hydrogen-bond donors (Lipinski definition) is 0. The van der Waals surface area contributed by atoms with Crippen LogP contribution in [0.3, 0.4) is 0 Å². The van der Waals surface area contributed by atoms with Gasteiger partial charge in [0.15, 0.2) is 0 Å². The number of hydrogen-bond acceptors (Lipinski definition) is 0. The second-order valence-corrected chi connectivity index (χ2v) is 6.12. The third-order valence-electron chi connectivity index (χ3n) is 4.39. The van der Waals surface area contributed by atoms with Crippen LogP contribution in [0.1, 0.15) is 66.7 Å². The average Bonchev–Trinajstić information content (AvgIpc) is 2.15. The van der Waals surface area contributed by atoms with Crippen molar-refractivity contribution in [3.8, 4) is 0 Å². The van der Waals surface area contributed by atoms with E-state index in [2.05, 4.69) is 40.7 Å². The monoisotopic (exact) mass is 208 g/mol. The van der Waals surface area contributed by atoms with E-state index in [1.54, 1.807) is 5.57 Å². The molecular weight excluding hydrogens is 180 g/mol. The van der Waals surface area contributed by atoms with Crippen LogP contribution < -0.4 is 0 Å². The molecular formula is C15H28. The van der Waals surface area contributed by atoms with Crippen LogP contribution in [-0.2, 0) is 0 Å². The summed E-state index contributed by atoms with van der Waals surface area (Å²) < 4.78 is 0. The van der Waals surface area contributed by atoms with Crippen LogP contribution in [0.15, 0.2) is 11.6 Å². The molecule has 1 aliphatic rings. The standard InChI is InChI=1S/C15H28/c1-6-12(2)9-10-14-13(3)8-7-11-15(14,4)5/h8,12,14H,6-7,9-11H2,1-5H3. The van der Waals surface area contributed by atoms with E-state index in [0.29, 0.717) is 5.41 Å². The predicted octanol–water partition coefficient (Wildman–Crippen LogP) is 5.20. The Morgan fingerprint density at radius 3 is 2.67 bits per heavy atom. The zero-order chi connectivity index (χ0) is 11.5. The van der Waals surface area contributed by atoms with Crippen molar-refractivity contribution in [2.75, 3.05) is 0 Å². The maximum absolute atomic E-state index is 2.46. The molecule has 0 amide bonds. The third kappa shape index (κ3) is 3.36. The minimum atomic E-state index is 0.534. The minimum Gasteiger partial charge on any atom is -0.0853 e. The fraction of sp³-hybridized carbons (Fsp3) is 0.867. The third-order valence-corrected chi connectivity index (χ3v) is 4.39. The van der Waals surface area contributed by atoms with Crippen LogP contribution >= 0.6 is 0 Å². The normalized spacial score (nSPS) is 27.3. The summed E-state index contributed by atoms with van der Waals surface area (Å²) in [7, 11) is 0. The Morgan fingerprint density at radius 2 is 2.13 bits per heavy atom. The van der Waals surface area contributed by atoms with Gasteiger partial charge in [-0.1, -0.05) is 52.2 Å². The predicted molar refractivity (Wildman–Crippen MR) is 69.0 cm³/mol. The summed E-state index contributed by atoms with van der Waals surface area (Å²) in [6, 6.07) is 0. The van der Waals surface area contributed by atoms with Gasteiger partial charge in [-0.2, -0.15) is 0 Å². The first kappa shape index (κ1) is 12.8. The molecule has 0 fully saturated rings. The zero-order valence-electron chi connectivity index (χ0n) is 11.3. The fourth-order valence-corrected chi connectivity index (χ4v) is 2.88. The second kappa shape index (κ2) is 5.18. The quantitative estimate of drug-likeness (QED) is 0.557. The molecule has 2 unspecified atom stereocenters. The first-order valence-electron chi connectivity index (χ1n) is 6.64. The largest absolute Gasteiger partial charge is 0.0853 e. The van der Waals surface area contributed by atoms with E-state index in [1.165, 1.54) is 32.1 Å². The summed E-state index contributed by atoms with van der Waals surface area (Å²) in [4.78, 5) is 0. The van der Waals surface area contributed by atoms with Crippen LogP contribution in [0.25, 0.3) is 0 Å². The van der Waals surface area contributed by atoms with Crippen molar-refractivity contribution in [3.63, 3.8) is 0 Å². The summed E-state index contributed by atoms with van der Waals surface area (Å²) in [5, 5.41) is 0. The van der Waals surface area contributed by atoms with Crippen LogP contribution in [-0.4, -0.2) is 0 Å². The van der Waals surface area contributed by atoms with Gasteiger partial charge >= 0.3 is 0 Å². The van der Waals surface area contributed by atoms with Gasteiger partial charge in [-0.15, -0.1) is 0 Å². The minimum absolute atomic E-state index is 0.534. The lowest BCUT2D eigenvalue weighted by Gasteiger charge is -2.39. The lowest BCUT2D eigenvalue weighted by atomic mass is 9.66. The molecule has 0 aromatic carbocycles. The van der Waals surface area contributed by atoms with Crippen molar-refractivity contribution >= 4 is 0 Å². The number of allylic oxidation sites excluding steroid dienone is 2. The highest BCUT2D eigenvalue weighted by atomic mass is 14.4. The van der Waals surface area contributed by atoms with Crippen molar-refractivity contribution < 1.29 is 0 Å². The summed E-state index contributed by atoms with van der Waals surface area (Å²) in [6.45, 7) is 11.9. The topological polar surface area (TPSA) is 0 Å². The summed E-state index contributed by atoms with van der Waals surface area (Å²) in [6.07, 6.45) is 9.25. The fourth-order valence-electron chi connectivity index (χ4n) is 2.88. The van der Waals surface area contributed by atoms with Crippen molar-refractivity contribution in [1.82, 2.24) is 0 Å². The molecule has 0 nitrogen and oxygen atoms in total. The lowest BCUT2D eigenvalue weighted by Crippen LogP contribution is -2.28. The maximum atomic E-state index is 2.46. The van der Waals surface area contributed by atoms with E-state index in [-0.39, 0.29) is 0 Å². The summed E-state index contributed by atoms with van der Waals surface area (Å²) in [5.74, 6) is 1.73. The Hall–Kier alpha value is -0.260. The average molecular weight is 208 g/mol. The van der Waals surface area contributed by atoms with Crippen LogP contribution in [0, 0.1) is 17.3 Å². The molecule has 0 aromatic heterocycles. The van der Waals surface area contributed by atoms with Gasteiger partial charge in [0.1, 0.15) is 0 Å². The molecule has 0 heterocycles. The van der Waals surface area contributed by atoms with Crippen molar-refractivity contribution in [2.24, 2.45) is 17.3 Å². The Balaban J connectivity index is 2.57. The van der Waals surface area contributed by atoms with Crippen LogP contribution in [0.4, 0.5) is 0 Å². The molecule has 0 heteroatoms. The van der Waals surface area contributed by atoms with Gasteiger partial charge in [0.2, 0.25) is 0 Å². The molecule has 0 saturated heterocycles. The van der Waals surface area contributed by atoms with Gasteiger partial charge in [-0.25, -0.2) is 0 Å². The number of rotatable bonds is 4. The van der Waals surface area contributed by atoms with Gasteiger partial charge in [0.05, 0.1) is 0 Å². The lowest BCUT2D eigenvalue weighted by molar-refractivity contribution is 0.193. The molecule has 1 aliphatic carbocycles. The highest BCUT2D eigenvalue weighted by molar-refractivity contribution is 5.11. The smallest absolute Gasteiger partial charge is 0.0154 e. The molecule has 0 bridgehead atoms. The van der Waals surface area contributed by atoms with Gasteiger partial charge in [-0.05, 0) is 43.4 Å². The van der Waals surface area contributed by atoms with Gasteiger partial charge in [0.25, 0.3) is 0 Å². The van der Waals surface area contributed by atoms with E-state index in [4.69, 9.17) is 0 Å². The van der Waals surface area contributed by atoms with E-state index >= 15 is 0 Å². The van der Waals surface area contributed by atoms with Gasteiger partial charge < -0.3 is 0 Å². The molecule has 15 heavy (non-hydrogen) atoms. The van der Waals surface area contributed by atoms with Crippen molar-refractivity contribution in [1.29, 1.82) is 0 Å². The van der Waals surface area contributed by atoms with Crippen LogP contribution in [0.2, 0.25) is 0 Å². The van der Waals surface area contributed by atoms with Crippen LogP contribution in [0.5, 0.6) is 0 Å². The van der Waals surface area contributed by atoms with Gasteiger partial charge in [-0.3, -0.25) is 0 Å².